The molecule has 1 atom stereocenters. The van der Waals surface area contributed by atoms with Crippen LogP contribution in [0.15, 0.2) is 0 Å². The minimum atomic E-state index is -4.81. The van der Waals surface area contributed by atoms with Crippen molar-refractivity contribution in [1.29, 1.82) is 0 Å². The van der Waals surface area contributed by atoms with Crippen molar-refractivity contribution in [3.05, 3.63) is 0 Å². The molecule has 0 aromatic rings. The molecule has 0 aliphatic heterocycles. The van der Waals surface area contributed by atoms with Crippen molar-refractivity contribution in [3.63, 3.8) is 0 Å². The molecule has 0 radical (unpaired) electrons. The molecular formula is C3H4F4O. The van der Waals surface area contributed by atoms with Gasteiger partial charge in [0.1, 0.15) is 6.67 Å². The summed E-state index contributed by atoms with van der Waals surface area (Å²) in [6.45, 7) is -1.77. The smallest absolute Gasteiger partial charge is 0.381 e. The van der Waals surface area contributed by atoms with Crippen LogP contribution < -0.4 is 0 Å². The highest BCUT2D eigenvalue weighted by Crippen LogP contribution is 2.19. The summed E-state index contributed by atoms with van der Waals surface area (Å²) in [7, 11) is 0. The summed E-state index contributed by atoms with van der Waals surface area (Å²) in [5.41, 5.74) is 0. The van der Waals surface area contributed by atoms with E-state index in [0.29, 0.717) is 0 Å². The maximum Gasteiger partial charge on any atom is 0.416 e. The van der Waals surface area contributed by atoms with Crippen molar-refractivity contribution in [2.24, 2.45) is 0 Å². The van der Waals surface area contributed by atoms with Crippen LogP contribution in [0.25, 0.3) is 0 Å². The SMILES string of the molecule is O[C@@H](CF)C(F)(F)F. The van der Waals surface area contributed by atoms with E-state index in [0.717, 1.165) is 0 Å². The molecule has 0 fully saturated rings. The summed E-state index contributed by atoms with van der Waals surface area (Å²) in [5, 5.41) is 7.69. The Morgan fingerprint density at radius 1 is 1.38 bits per heavy atom. The maximum absolute atomic E-state index is 11.0. The van der Waals surface area contributed by atoms with E-state index in [4.69, 9.17) is 5.11 Å². The van der Waals surface area contributed by atoms with Crippen LogP contribution in [0.5, 0.6) is 0 Å². The third-order valence-corrected chi connectivity index (χ3v) is 0.524. The number of halogens is 4. The largest absolute Gasteiger partial charge is 0.416 e. The number of alkyl halides is 4. The molecule has 0 aromatic carbocycles. The lowest BCUT2D eigenvalue weighted by Gasteiger charge is -2.08. The van der Waals surface area contributed by atoms with Crippen LogP contribution in [0.1, 0.15) is 0 Å². The van der Waals surface area contributed by atoms with Crippen molar-refractivity contribution >= 4 is 0 Å². The predicted molar refractivity (Wildman–Crippen MR) is 18.0 cm³/mol. The molecule has 0 spiro atoms. The van der Waals surface area contributed by atoms with E-state index >= 15 is 0 Å². The fourth-order valence-electron chi connectivity index (χ4n) is 0.0875. The molecule has 50 valence electrons. The average molecular weight is 132 g/mol. The van der Waals surface area contributed by atoms with E-state index < -0.39 is 19.0 Å². The van der Waals surface area contributed by atoms with Gasteiger partial charge in [-0.2, -0.15) is 13.2 Å². The molecule has 1 nitrogen and oxygen atoms in total. The molecule has 0 unspecified atom stereocenters. The van der Waals surface area contributed by atoms with Crippen LogP contribution in [0, 0.1) is 0 Å². The Morgan fingerprint density at radius 3 is 1.75 bits per heavy atom. The van der Waals surface area contributed by atoms with Crippen LogP contribution in [0.3, 0.4) is 0 Å². The molecule has 1 N–H and O–H groups in total. The molecule has 0 amide bonds. The highest BCUT2D eigenvalue weighted by atomic mass is 19.4. The van der Waals surface area contributed by atoms with Gasteiger partial charge in [-0.25, -0.2) is 4.39 Å². The summed E-state index contributed by atoms with van der Waals surface area (Å²) in [6, 6.07) is 0. The molecule has 5 heteroatoms. The summed E-state index contributed by atoms with van der Waals surface area (Å²) in [5.74, 6) is 0. The van der Waals surface area contributed by atoms with Gasteiger partial charge < -0.3 is 5.11 Å². The van der Waals surface area contributed by atoms with E-state index in [-0.39, 0.29) is 0 Å². The van der Waals surface area contributed by atoms with Crippen LogP contribution in [0.2, 0.25) is 0 Å². The van der Waals surface area contributed by atoms with Gasteiger partial charge in [0.15, 0.2) is 6.10 Å². The first-order valence-electron chi connectivity index (χ1n) is 1.79. The molecule has 0 rings (SSSR count). The Balaban J connectivity index is 3.62. The van der Waals surface area contributed by atoms with Gasteiger partial charge in [-0.3, -0.25) is 0 Å². The van der Waals surface area contributed by atoms with E-state index in [9.17, 15) is 17.6 Å². The number of hydrogen-bond acceptors (Lipinski definition) is 1. The summed E-state index contributed by atoms with van der Waals surface area (Å²) in [6.07, 6.45) is -7.63. The quantitative estimate of drug-likeness (QED) is 0.525. The Hall–Kier alpha value is -0.320. The first-order chi connectivity index (χ1) is 3.48. The lowest BCUT2D eigenvalue weighted by molar-refractivity contribution is -0.207. The van der Waals surface area contributed by atoms with E-state index in [2.05, 4.69) is 0 Å². The third kappa shape index (κ3) is 2.11. The van der Waals surface area contributed by atoms with Gasteiger partial charge in [0, 0.05) is 0 Å². The first kappa shape index (κ1) is 7.68. The molecule has 0 aromatic heterocycles. The number of aliphatic hydroxyl groups is 1. The number of hydrogen-bond donors (Lipinski definition) is 1. The van der Waals surface area contributed by atoms with Crippen LogP contribution in [-0.4, -0.2) is 24.1 Å². The first-order valence-corrected chi connectivity index (χ1v) is 1.79. The van der Waals surface area contributed by atoms with Gasteiger partial charge in [0.25, 0.3) is 0 Å². The summed E-state index contributed by atoms with van der Waals surface area (Å²) in [4.78, 5) is 0. The zero-order valence-corrected chi connectivity index (χ0v) is 3.74. The van der Waals surface area contributed by atoms with Gasteiger partial charge >= 0.3 is 6.18 Å². The summed E-state index contributed by atoms with van der Waals surface area (Å²) >= 11 is 0. The highest BCUT2D eigenvalue weighted by Gasteiger charge is 2.37. The van der Waals surface area contributed by atoms with Crippen molar-refractivity contribution in [2.45, 2.75) is 12.3 Å². The second kappa shape index (κ2) is 2.30. The maximum atomic E-state index is 11.0. The monoisotopic (exact) mass is 132 g/mol. The number of rotatable bonds is 1. The molecule has 8 heavy (non-hydrogen) atoms. The number of aliphatic hydroxyl groups excluding tert-OH is 1. The third-order valence-electron chi connectivity index (χ3n) is 0.524. The normalized spacial score (nSPS) is 16.1. The molecule has 0 aliphatic rings. The molecule has 0 saturated carbocycles. The van der Waals surface area contributed by atoms with Crippen molar-refractivity contribution < 1.29 is 22.7 Å². The molecule has 0 aliphatic carbocycles. The van der Waals surface area contributed by atoms with Crippen LogP contribution >= 0.6 is 0 Å². The fourth-order valence-corrected chi connectivity index (χ4v) is 0.0875. The Labute approximate surface area is 42.9 Å². The van der Waals surface area contributed by atoms with Crippen molar-refractivity contribution in [1.82, 2.24) is 0 Å². The lowest BCUT2D eigenvalue weighted by Crippen LogP contribution is -2.30. The zero-order valence-electron chi connectivity index (χ0n) is 3.74. The van der Waals surface area contributed by atoms with Crippen LogP contribution in [-0.2, 0) is 0 Å². The van der Waals surface area contributed by atoms with E-state index in [1.165, 1.54) is 0 Å². The van der Waals surface area contributed by atoms with Crippen molar-refractivity contribution in [2.75, 3.05) is 6.67 Å². The van der Waals surface area contributed by atoms with E-state index in [1.807, 2.05) is 0 Å². The average Bonchev–Trinajstić information content (AvgIpc) is 1.62. The van der Waals surface area contributed by atoms with Crippen LogP contribution in [0.4, 0.5) is 17.6 Å². The lowest BCUT2D eigenvalue weighted by atomic mass is 10.4. The minimum absolute atomic E-state index is 1.77. The van der Waals surface area contributed by atoms with Crippen molar-refractivity contribution in [3.8, 4) is 0 Å². The topological polar surface area (TPSA) is 20.2 Å². The Kier molecular flexibility index (Phi) is 2.21. The second-order valence-electron chi connectivity index (χ2n) is 1.21. The predicted octanol–water partition coefficient (Wildman–Crippen LogP) is 0.879. The van der Waals surface area contributed by atoms with Gasteiger partial charge in [-0.1, -0.05) is 0 Å². The van der Waals surface area contributed by atoms with Gasteiger partial charge in [0.2, 0.25) is 0 Å². The Morgan fingerprint density at radius 2 is 1.75 bits per heavy atom. The summed E-state index contributed by atoms with van der Waals surface area (Å²) < 4.78 is 43.8. The molecular weight excluding hydrogens is 128 g/mol. The van der Waals surface area contributed by atoms with Gasteiger partial charge in [-0.15, -0.1) is 0 Å². The zero-order chi connectivity index (χ0) is 6.78. The van der Waals surface area contributed by atoms with Gasteiger partial charge in [0.05, 0.1) is 0 Å². The van der Waals surface area contributed by atoms with E-state index in [1.54, 1.807) is 0 Å². The standard InChI is InChI=1S/C3H4F4O/c4-1-2(8)3(5,6)7/h2,8H,1H2/t2-/m0/s1. The molecule has 0 bridgehead atoms. The fraction of sp³-hybridized carbons (Fsp3) is 1.00. The Bertz CT molecular complexity index is 68.2. The van der Waals surface area contributed by atoms with Gasteiger partial charge in [-0.05, 0) is 0 Å². The molecule has 0 saturated heterocycles. The second-order valence-corrected chi connectivity index (χ2v) is 1.21. The highest BCUT2D eigenvalue weighted by molar-refractivity contribution is 4.61. The molecule has 0 heterocycles. The minimum Gasteiger partial charge on any atom is -0.381 e.